The minimum Gasteiger partial charge on any atom is -0.309 e. The quantitative estimate of drug-likeness (QED) is 0.227. The van der Waals surface area contributed by atoms with Gasteiger partial charge < -0.3 is 4.57 Å². The van der Waals surface area contributed by atoms with Crippen LogP contribution in [0.2, 0.25) is 0 Å². The molecule has 3 heterocycles. The second-order valence-corrected chi connectivity index (χ2v) is 10.5. The molecule has 3 aromatic heterocycles. The van der Waals surface area contributed by atoms with E-state index in [2.05, 4.69) is 143 Å². The van der Waals surface area contributed by atoms with Gasteiger partial charge in [-0.15, -0.1) is 0 Å². The van der Waals surface area contributed by atoms with Crippen LogP contribution in [0, 0.1) is 0 Å². The molecule has 0 aliphatic heterocycles. The van der Waals surface area contributed by atoms with Crippen molar-refractivity contribution in [1.29, 1.82) is 0 Å². The summed E-state index contributed by atoms with van der Waals surface area (Å²) < 4.78 is 4.74. The molecule has 0 fully saturated rings. The Morgan fingerprint density at radius 3 is 1.80 bits per heavy atom. The molecule has 0 saturated heterocycles. The average molecular weight is 510 g/mol. The Morgan fingerprint density at radius 2 is 1.00 bits per heavy atom. The Labute approximate surface area is 230 Å². The van der Waals surface area contributed by atoms with E-state index in [-0.39, 0.29) is 0 Å². The smallest absolute Gasteiger partial charge is 0.138 e. The van der Waals surface area contributed by atoms with Gasteiger partial charge in [-0.25, -0.2) is 4.98 Å². The van der Waals surface area contributed by atoms with Gasteiger partial charge in [0.05, 0.1) is 22.1 Å². The first-order chi connectivity index (χ1) is 19.8. The summed E-state index contributed by atoms with van der Waals surface area (Å²) in [7, 11) is 0. The molecule has 0 aliphatic carbocycles. The SMILES string of the molecule is c1ccc(-n2c3cc4ccccc4cc3c3c4c5ccccc5n(-c5cc6ccccc6cn5)c4ccc32)cc1. The predicted octanol–water partition coefficient (Wildman–Crippen LogP) is 9.58. The number of pyridine rings is 1. The minimum absolute atomic E-state index is 0.932. The minimum atomic E-state index is 0.932. The topological polar surface area (TPSA) is 22.8 Å². The van der Waals surface area contributed by atoms with Crippen molar-refractivity contribution in [3.63, 3.8) is 0 Å². The first-order valence-corrected chi connectivity index (χ1v) is 13.6. The fourth-order valence-corrected chi connectivity index (χ4v) is 6.55. The molecule has 0 amide bonds. The van der Waals surface area contributed by atoms with Crippen molar-refractivity contribution >= 4 is 65.2 Å². The van der Waals surface area contributed by atoms with Crippen molar-refractivity contribution in [2.75, 3.05) is 0 Å². The molecule has 0 saturated carbocycles. The predicted molar refractivity (Wildman–Crippen MR) is 168 cm³/mol. The van der Waals surface area contributed by atoms with Crippen LogP contribution in [0.1, 0.15) is 0 Å². The number of aromatic nitrogens is 3. The van der Waals surface area contributed by atoms with Gasteiger partial charge in [0, 0.05) is 38.8 Å². The van der Waals surface area contributed by atoms with E-state index in [0.717, 1.165) is 27.9 Å². The van der Waals surface area contributed by atoms with Gasteiger partial charge in [0.15, 0.2) is 0 Å². The molecule has 40 heavy (non-hydrogen) atoms. The van der Waals surface area contributed by atoms with Gasteiger partial charge in [-0.05, 0) is 64.7 Å². The highest BCUT2D eigenvalue weighted by Crippen LogP contribution is 2.43. The Bertz CT molecular complexity index is 2430. The zero-order valence-corrected chi connectivity index (χ0v) is 21.6. The van der Waals surface area contributed by atoms with Crippen LogP contribution in [0.25, 0.3) is 76.7 Å². The highest BCUT2D eigenvalue weighted by atomic mass is 15.1. The molecule has 186 valence electrons. The number of para-hydroxylation sites is 2. The highest BCUT2D eigenvalue weighted by molar-refractivity contribution is 6.29. The molecular weight excluding hydrogens is 486 g/mol. The lowest BCUT2D eigenvalue weighted by atomic mass is 10.0. The number of hydrogen-bond donors (Lipinski definition) is 0. The number of fused-ring (bicyclic) bond motifs is 9. The lowest BCUT2D eigenvalue weighted by Gasteiger charge is -2.09. The van der Waals surface area contributed by atoms with Gasteiger partial charge in [-0.3, -0.25) is 4.57 Å². The summed E-state index contributed by atoms with van der Waals surface area (Å²) in [4.78, 5) is 4.94. The summed E-state index contributed by atoms with van der Waals surface area (Å²) in [5.41, 5.74) is 5.91. The maximum absolute atomic E-state index is 4.94. The summed E-state index contributed by atoms with van der Waals surface area (Å²) >= 11 is 0. The van der Waals surface area contributed by atoms with Crippen molar-refractivity contribution in [3.8, 4) is 11.5 Å². The Hall–Kier alpha value is -5.41. The second-order valence-electron chi connectivity index (χ2n) is 10.5. The lowest BCUT2D eigenvalue weighted by molar-refractivity contribution is 1.09. The Balaban J connectivity index is 1.50. The van der Waals surface area contributed by atoms with Crippen LogP contribution in [-0.2, 0) is 0 Å². The highest BCUT2D eigenvalue weighted by Gasteiger charge is 2.21. The van der Waals surface area contributed by atoms with Crippen LogP contribution in [0.5, 0.6) is 0 Å². The van der Waals surface area contributed by atoms with Gasteiger partial charge in [0.1, 0.15) is 5.82 Å². The van der Waals surface area contributed by atoms with Gasteiger partial charge in [0.2, 0.25) is 0 Å². The number of benzene rings is 6. The fourth-order valence-electron chi connectivity index (χ4n) is 6.55. The monoisotopic (exact) mass is 509 g/mol. The second kappa shape index (κ2) is 8.05. The maximum atomic E-state index is 4.94. The normalized spacial score (nSPS) is 12.0. The van der Waals surface area contributed by atoms with Gasteiger partial charge in [0.25, 0.3) is 0 Å². The van der Waals surface area contributed by atoms with E-state index in [1.54, 1.807) is 0 Å². The molecule has 0 N–H and O–H groups in total. The van der Waals surface area contributed by atoms with Crippen molar-refractivity contribution in [2.24, 2.45) is 0 Å². The van der Waals surface area contributed by atoms with Gasteiger partial charge >= 0.3 is 0 Å². The molecule has 0 atom stereocenters. The Kier molecular flexibility index (Phi) is 4.33. The van der Waals surface area contributed by atoms with Gasteiger partial charge in [-0.2, -0.15) is 0 Å². The first-order valence-electron chi connectivity index (χ1n) is 13.6. The molecule has 6 aromatic carbocycles. The zero-order valence-electron chi connectivity index (χ0n) is 21.6. The van der Waals surface area contributed by atoms with Crippen molar-refractivity contribution in [2.45, 2.75) is 0 Å². The largest absolute Gasteiger partial charge is 0.309 e. The molecular formula is C37H23N3. The van der Waals surface area contributed by atoms with Crippen molar-refractivity contribution in [1.82, 2.24) is 14.1 Å². The fraction of sp³-hybridized carbons (Fsp3) is 0. The van der Waals surface area contributed by atoms with E-state index in [4.69, 9.17) is 4.98 Å². The molecule has 0 spiro atoms. The van der Waals surface area contributed by atoms with Gasteiger partial charge in [-0.1, -0.05) is 84.9 Å². The zero-order chi connectivity index (χ0) is 26.2. The van der Waals surface area contributed by atoms with Crippen LogP contribution in [0.4, 0.5) is 0 Å². The van der Waals surface area contributed by atoms with E-state index in [1.807, 2.05) is 6.20 Å². The van der Waals surface area contributed by atoms with Crippen LogP contribution in [0.15, 0.2) is 140 Å². The van der Waals surface area contributed by atoms with Crippen molar-refractivity contribution in [3.05, 3.63) is 140 Å². The summed E-state index contributed by atoms with van der Waals surface area (Å²) in [5.74, 6) is 0.932. The first kappa shape index (κ1) is 21.5. The number of rotatable bonds is 2. The molecule has 0 bridgehead atoms. The summed E-state index contributed by atoms with van der Waals surface area (Å²) in [6.07, 6.45) is 1.98. The average Bonchev–Trinajstić information content (AvgIpc) is 3.52. The number of nitrogens with zero attached hydrogens (tertiary/aromatic N) is 3. The molecule has 3 heteroatoms. The third-order valence-corrected chi connectivity index (χ3v) is 8.29. The molecule has 3 nitrogen and oxygen atoms in total. The third-order valence-electron chi connectivity index (χ3n) is 8.29. The number of hydrogen-bond acceptors (Lipinski definition) is 1. The van der Waals surface area contributed by atoms with Crippen LogP contribution < -0.4 is 0 Å². The Morgan fingerprint density at radius 1 is 0.400 bits per heavy atom. The van der Waals surface area contributed by atoms with Crippen LogP contribution in [0.3, 0.4) is 0 Å². The van der Waals surface area contributed by atoms with E-state index < -0.39 is 0 Å². The summed E-state index contributed by atoms with van der Waals surface area (Å²) in [6.45, 7) is 0. The standard InChI is InChI=1S/C37H23N3/c1-2-14-28(15-3-1)39-32-18-19-33-36(37(32)30-20-24-10-4-5-11-25(24)21-34(30)39)29-16-8-9-17-31(29)40(33)35-22-26-12-6-7-13-27(26)23-38-35/h1-23H. The van der Waals surface area contributed by atoms with Crippen LogP contribution >= 0.6 is 0 Å². The third kappa shape index (κ3) is 2.92. The van der Waals surface area contributed by atoms with Crippen molar-refractivity contribution < 1.29 is 0 Å². The maximum Gasteiger partial charge on any atom is 0.138 e. The van der Waals surface area contributed by atoms with Crippen LogP contribution in [-0.4, -0.2) is 14.1 Å². The lowest BCUT2D eigenvalue weighted by Crippen LogP contribution is -1.97. The molecule has 0 radical (unpaired) electrons. The van der Waals surface area contributed by atoms with E-state index in [9.17, 15) is 0 Å². The summed E-state index contributed by atoms with van der Waals surface area (Å²) in [5, 5.41) is 9.86. The molecule has 9 aromatic rings. The van der Waals surface area contributed by atoms with E-state index >= 15 is 0 Å². The summed E-state index contributed by atoms with van der Waals surface area (Å²) in [6, 6.07) is 48.0. The molecule has 9 rings (SSSR count). The van der Waals surface area contributed by atoms with E-state index in [0.29, 0.717) is 0 Å². The van der Waals surface area contributed by atoms with E-state index in [1.165, 1.54) is 48.7 Å². The molecule has 0 unspecified atom stereocenters. The molecule has 0 aliphatic rings.